The molecular formula is C14H21N3O4S. The minimum absolute atomic E-state index is 0.0766. The van der Waals surface area contributed by atoms with Gasteiger partial charge in [-0.05, 0) is 39.3 Å². The molecule has 0 bridgehead atoms. The third kappa shape index (κ3) is 2.99. The first-order valence-electron chi connectivity index (χ1n) is 7.21. The maximum atomic E-state index is 12.9. The monoisotopic (exact) mass is 327 g/mol. The third-order valence-corrected chi connectivity index (χ3v) is 6.15. The largest absolute Gasteiger partial charge is 0.316 e. The Morgan fingerprint density at radius 3 is 2.55 bits per heavy atom. The molecule has 1 unspecified atom stereocenters. The van der Waals surface area contributed by atoms with Crippen molar-refractivity contribution in [2.45, 2.75) is 37.6 Å². The van der Waals surface area contributed by atoms with E-state index < -0.39 is 14.9 Å². The van der Waals surface area contributed by atoms with Gasteiger partial charge in [-0.1, -0.05) is 12.1 Å². The Balaban J connectivity index is 2.54. The number of benzene rings is 1. The highest BCUT2D eigenvalue weighted by molar-refractivity contribution is 7.89. The van der Waals surface area contributed by atoms with Gasteiger partial charge in [-0.2, -0.15) is 4.31 Å². The van der Waals surface area contributed by atoms with Gasteiger partial charge in [-0.15, -0.1) is 0 Å². The Labute approximate surface area is 130 Å². The molecule has 1 atom stereocenters. The molecule has 0 radical (unpaired) electrons. The molecule has 1 saturated heterocycles. The molecule has 0 spiro atoms. The Hall–Kier alpha value is -1.51. The van der Waals surface area contributed by atoms with Gasteiger partial charge in [0.2, 0.25) is 10.0 Å². The zero-order chi connectivity index (χ0) is 16.5. The van der Waals surface area contributed by atoms with Gasteiger partial charge in [0.1, 0.15) is 0 Å². The molecule has 1 N–H and O–H groups in total. The predicted molar refractivity (Wildman–Crippen MR) is 83.4 cm³/mol. The number of nitrogens with zero attached hydrogens (tertiary/aromatic N) is 2. The van der Waals surface area contributed by atoms with Gasteiger partial charge in [-0.25, -0.2) is 8.42 Å². The molecule has 2 rings (SSSR count). The van der Waals surface area contributed by atoms with Crippen LogP contribution in [0.15, 0.2) is 17.0 Å². The number of rotatable bonds is 4. The van der Waals surface area contributed by atoms with Crippen LogP contribution in [-0.4, -0.2) is 43.8 Å². The molecule has 1 aliphatic rings. The summed E-state index contributed by atoms with van der Waals surface area (Å²) in [5.74, 6) is 0. The lowest BCUT2D eigenvalue weighted by Gasteiger charge is -2.32. The van der Waals surface area contributed by atoms with Crippen LogP contribution in [0.5, 0.6) is 0 Å². The van der Waals surface area contributed by atoms with Crippen molar-refractivity contribution in [2.75, 3.05) is 20.1 Å². The van der Waals surface area contributed by atoms with Gasteiger partial charge in [0.05, 0.1) is 4.92 Å². The van der Waals surface area contributed by atoms with E-state index in [4.69, 9.17) is 0 Å². The van der Waals surface area contributed by atoms with Gasteiger partial charge >= 0.3 is 0 Å². The summed E-state index contributed by atoms with van der Waals surface area (Å²) in [7, 11) is -2.09. The standard InChI is InChI=1S/C14H21N3O4S/c1-10-6-7-11(2)14(13(10)17(18)19)22(20,21)16-8-4-5-12(9-16)15-3/h6-7,12,15H,4-5,8-9H2,1-3H3. The van der Waals surface area contributed by atoms with E-state index in [0.717, 1.165) is 12.8 Å². The molecule has 1 aliphatic heterocycles. The second-order valence-corrected chi connectivity index (χ2v) is 7.50. The molecule has 1 heterocycles. The quantitative estimate of drug-likeness (QED) is 0.669. The smallest absolute Gasteiger partial charge is 0.292 e. The number of piperidine rings is 1. The molecule has 22 heavy (non-hydrogen) atoms. The number of aryl methyl sites for hydroxylation is 2. The van der Waals surface area contributed by atoms with Crippen molar-refractivity contribution in [3.05, 3.63) is 33.4 Å². The summed E-state index contributed by atoms with van der Waals surface area (Å²) < 4.78 is 27.2. The third-order valence-electron chi connectivity index (χ3n) is 4.10. The Morgan fingerprint density at radius 1 is 1.32 bits per heavy atom. The van der Waals surface area contributed by atoms with Crippen LogP contribution in [0, 0.1) is 24.0 Å². The van der Waals surface area contributed by atoms with Crippen molar-refractivity contribution in [1.29, 1.82) is 0 Å². The summed E-state index contributed by atoms with van der Waals surface area (Å²) >= 11 is 0. The van der Waals surface area contributed by atoms with Crippen LogP contribution in [-0.2, 0) is 10.0 Å². The number of nitro benzene ring substituents is 1. The maximum Gasteiger partial charge on any atom is 0.292 e. The van der Waals surface area contributed by atoms with E-state index in [0.29, 0.717) is 24.2 Å². The Bertz CT molecular complexity index is 688. The van der Waals surface area contributed by atoms with E-state index in [-0.39, 0.29) is 16.6 Å². The summed E-state index contributed by atoms with van der Waals surface area (Å²) in [4.78, 5) is 10.6. The lowest BCUT2D eigenvalue weighted by Crippen LogP contribution is -2.47. The number of nitrogens with one attached hydrogen (secondary N) is 1. The molecule has 1 aromatic rings. The first kappa shape index (κ1) is 16.9. The van der Waals surface area contributed by atoms with Gasteiger partial charge < -0.3 is 5.32 Å². The van der Waals surface area contributed by atoms with Gasteiger partial charge in [0.25, 0.3) is 5.69 Å². The lowest BCUT2D eigenvalue weighted by atomic mass is 10.1. The molecule has 0 amide bonds. The Morgan fingerprint density at radius 2 is 1.95 bits per heavy atom. The fourth-order valence-electron chi connectivity index (χ4n) is 2.85. The Kier molecular flexibility index (Phi) is 4.84. The fourth-order valence-corrected chi connectivity index (χ4v) is 4.81. The molecule has 1 aromatic carbocycles. The molecule has 0 aromatic heterocycles. The molecule has 1 fully saturated rings. The van der Waals surface area contributed by atoms with E-state index in [2.05, 4.69) is 5.32 Å². The van der Waals surface area contributed by atoms with E-state index in [1.54, 1.807) is 33.0 Å². The minimum Gasteiger partial charge on any atom is -0.316 e. The SMILES string of the molecule is CNC1CCCN(S(=O)(=O)c2c(C)ccc(C)c2[N+](=O)[O-])C1. The second-order valence-electron chi connectivity index (χ2n) is 5.63. The molecule has 122 valence electrons. The summed E-state index contributed by atoms with van der Waals surface area (Å²) in [6, 6.07) is 3.28. The van der Waals surface area contributed by atoms with Crippen LogP contribution in [0.1, 0.15) is 24.0 Å². The normalized spacial score (nSPS) is 20.0. The van der Waals surface area contributed by atoms with E-state index in [1.807, 2.05) is 0 Å². The number of sulfonamides is 1. The highest BCUT2D eigenvalue weighted by atomic mass is 32.2. The fraction of sp³-hybridized carbons (Fsp3) is 0.571. The second kappa shape index (κ2) is 6.31. The first-order chi connectivity index (χ1) is 10.3. The zero-order valence-corrected chi connectivity index (χ0v) is 13.8. The minimum atomic E-state index is -3.88. The molecule has 8 heteroatoms. The first-order valence-corrected chi connectivity index (χ1v) is 8.65. The van der Waals surface area contributed by atoms with Gasteiger partial charge in [-0.3, -0.25) is 10.1 Å². The van der Waals surface area contributed by atoms with E-state index >= 15 is 0 Å². The molecular weight excluding hydrogens is 306 g/mol. The van der Waals surface area contributed by atoms with Crippen molar-refractivity contribution in [3.63, 3.8) is 0 Å². The highest BCUT2D eigenvalue weighted by Gasteiger charge is 2.36. The van der Waals surface area contributed by atoms with Crippen molar-refractivity contribution in [1.82, 2.24) is 9.62 Å². The van der Waals surface area contributed by atoms with Crippen molar-refractivity contribution < 1.29 is 13.3 Å². The van der Waals surface area contributed by atoms with Crippen LogP contribution >= 0.6 is 0 Å². The maximum absolute atomic E-state index is 12.9. The van der Waals surface area contributed by atoms with Crippen molar-refractivity contribution >= 4 is 15.7 Å². The highest BCUT2D eigenvalue weighted by Crippen LogP contribution is 2.33. The van der Waals surface area contributed by atoms with Crippen LogP contribution in [0.2, 0.25) is 0 Å². The summed E-state index contributed by atoms with van der Waals surface area (Å²) in [6.07, 6.45) is 1.64. The molecule has 7 nitrogen and oxygen atoms in total. The van der Waals surface area contributed by atoms with Crippen LogP contribution in [0.3, 0.4) is 0 Å². The number of hydrogen-bond acceptors (Lipinski definition) is 5. The average molecular weight is 327 g/mol. The summed E-state index contributed by atoms with van der Waals surface area (Å²) in [6.45, 7) is 3.89. The van der Waals surface area contributed by atoms with E-state index in [9.17, 15) is 18.5 Å². The van der Waals surface area contributed by atoms with Gasteiger partial charge in [0, 0.05) is 24.7 Å². The van der Waals surface area contributed by atoms with E-state index in [1.165, 1.54) is 4.31 Å². The number of hydrogen-bond donors (Lipinski definition) is 1. The summed E-state index contributed by atoms with van der Waals surface area (Å²) in [5, 5.41) is 14.4. The topological polar surface area (TPSA) is 92.6 Å². The van der Waals surface area contributed by atoms with Crippen molar-refractivity contribution in [2.24, 2.45) is 0 Å². The zero-order valence-electron chi connectivity index (χ0n) is 13.0. The molecule has 0 saturated carbocycles. The van der Waals surface area contributed by atoms with Crippen LogP contribution in [0.4, 0.5) is 5.69 Å². The summed E-state index contributed by atoms with van der Waals surface area (Å²) in [5.41, 5.74) is 0.451. The van der Waals surface area contributed by atoms with Crippen LogP contribution < -0.4 is 5.32 Å². The molecule has 0 aliphatic carbocycles. The number of nitro groups is 1. The lowest BCUT2D eigenvalue weighted by molar-refractivity contribution is -0.388. The predicted octanol–water partition coefficient (Wildman–Crippen LogP) is 1.58. The average Bonchev–Trinajstić information content (AvgIpc) is 2.48. The van der Waals surface area contributed by atoms with Crippen LogP contribution in [0.25, 0.3) is 0 Å². The van der Waals surface area contributed by atoms with Crippen molar-refractivity contribution in [3.8, 4) is 0 Å². The number of likely N-dealkylation sites (N-methyl/N-ethyl adjacent to an activating group) is 1. The van der Waals surface area contributed by atoms with Gasteiger partial charge in [0.15, 0.2) is 4.90 Å².